The zero-order valence-electron chi connectivity index (χ0n) is 15.0. The molecular weight excluding hydrogens is 320 g/mol. The summed E-state index contributed by atoms with van der Waals surface area (Å²) in [6.07, 6.45) is 0. The van der Waals surface area contributed by atoms with Crippen LogP contribution in [0.4, 0.5) is 0 Å². The Morgan fingerprint density at radius 1 is 0.960 bits per heavy atom. The molecule has 2 rings (SSSR count). The highest BCUT2D eigenvalue weighted by Crippen LogP contribution is 2.41. The van der Waals surface area contributed by atoms with Crippen LogP contribution in [-0.2, 0) is 9.53 Å². The number of fused-ring (bicyclic) bond motifs is 1. The predicted octanol–water partition coefficient (Wildman–Crippen LogP) is 4.14. The van der Waals surface area contributed by atoms with Gasteiger partial charge in [-0.2, -0.15) is 0 Å². The maximum absolute atomic E-state index is 11.4. The van der Waals surface area contributed by atoms with Crippen LogP contribution < -0.4 is 14.2 Å². The number of carbonyl (C=O) groups is 1. The van der Waals surface area contributed by atoms with Crippen LogP contribution in [0.5, 0.6) is 17.2 Å². The number of carbonyl (C=O) groups excluding carboxylic acids is 1. The van der Waals surface area contributed by atoms with E-state index >= 15 is 0 Å². The highest BCUT2D eigenvalue weighted by atomic mass is 16.6. The second-order valence-corrected chi connectivity index (χ2v) is 5.38. The maximum atomic E-state index is 11.4. The zero-order valence-corrected chi connectivity index (χ0v) is 15.0. The summed E-state index contributed by atoms with van der Waals surface area (Å²) in [5.74, 6) is 1.53. The average Bonchev–Trinajstić information content (AvgIpc) is 2.61. The summed E-state index contributed by atoms with van der Waals surface area (Å²) in [4.78, 5) is 11.4. The smallest absolute Gasteiger partial charge is 0.333 e. The number of rotatable bonds is 9. The van der Waals surface area contributed by atoms with Crippen LogP contribution in [-0.4, -0.2) is 32.4 Å². The van der Waals surface area contributed by atoms with Crippen LogP contribution in [0.3, 0.4) is 0 Å². The Morgan fingerprint density at radius 3 is 2.28 bits per heavy atom. The third kappa shape index (κ3) is 4.66. The van der Waals surface area contributed by atoms with Gasteiger partial charge in [0.25, 0.3) is 0 Å². The second-order valence-electron chi connectivity index (χ2n) is 5.38. The molecule has 0 unspecified atom stereocenters. The number of benzene rings is 2. The number of ether oxygens (including phenoxy) is 4. The quantitative estimate of drug-likeness (QED) is 0.389. The van der Waals surface area contributed by atoms with E-state index in [1.54, 1.807) is 6.92 Å². The van der Waals surface area contributed by atoms with Gasteiger partial charge in [0.1, 0.15) is 19.0 Å². The van der Waals surface area contributed by atoms with E-state index in [2.05, 4.69) is 6.58 Å². The van der Waals surface area contributed by atoms with Gasteiger partial charge >= 0.3 is 5.97 Å². The molecule has 0 atom stereocenters. The summed E-state index contributed by atoms with van der Waals surface area (Å²) in [7, 11) is 0. The van der Waals surface area contributed by atoms with Crippen LogP contribution in [0.15, 0.2) is 42.5 Å². The summed E-state index contributed by atoms with van der Waals surface area (Å²) in [6.45, 7) is 10.4. The average molecular weight is 344 g/mol. The first-order valence-electron chi connectivity index (χ1n) is 8.35. The lowest BCUT2D eigenvalue weighted by Crippen LogP contribution is -2.13. The van der Waals surface area contributed by atoms with E-state index in [1.807, 2.05) is 44.2 Å². The molecule has 0 aliphatic rings. The van der Waals surface area contributed by atoms with Crippen molar-refractivity contribution in [2.24, 2.45) is 0 Å². The van der Waals surface area contributed by atoms with Crippen LogP contribution in [0.2, 0.25) is 0 Å². The second kappa shape index (κ2) is 8.97. The Bertz CT molecular complexity index is 751. The van der Waals surface area contributed by atoms with Gasteiger partial charge in [-0.15, -0.1) is 0 Å². The van der Waals surface area contributed by atoms with Crippen molar-refractivity contribution < 1.29 is 23.7 Å². The standard InChI is InChI=1S/C20H24O5/c1-5-22-17-13-18(24-11-12-25-20(21)14(3)4)19(23-6-2)16-10-8-7-9-15(16)17/h7-10,13H,3,5-6,11-12H2,1-2,4H3. The molecule has 0 aliphatic heterocycles. The molecular formula is C20H24O5. The summed E-state index contributed by atoms with van der Waals surface area (Å²) in [5.41, 5.74) is 0.361. The molecule has 0 saturated heterocycles. The van der Waals surface area contributed by atoms with E-state index in [9.17, 15) is 4.79 Å². The fraction of sp³-hybridized carbons (Fsp3) is 0.350. The van der Waals surface area contributed by atoms with Gasteiger partial charge < -0.3 is 18.9 Å². The van der Waals surface area contributed by atoms with E-state index < -0.39 is 5.97 Å². The number of hydrogen-bond donors (Lipinski definition) is 0. The van der Waals surface area contributed by atoms with Crippen molar-refractivity contribution in [1.29, 1.82) is 0 Å². The summed E-state index contributed by atoms with van der Waals surface area (Å²) < 4.78 is 22.4. The van der Waals surface area contributed by atoms with E-state index in [1.165, 1.54) is 0 Å². The molecule has 2 aromatic rings. The Labute approximate surface area is 148 Å². The van der Waals surface area contributed by atoms with Crippen molar-refractivity contribution >= 4 is 16.7 Å². The zero-order chi connectivity index (χ0) is 18.2. The highest BCUT2D eigenvalue weighted by Gasteiger charge is 2.15. The third-order valence-corrected chi connectivity index (χ3v) is 3.43. The molecule has 134 valence electrons. The topological polar surface area (TPSA) is 54.0 Å². The molecule has 0 fully saturated rings. The molecule has 5 heteroatoms. The number of hydrogen-bond acceptors (Lipinski definition) is 5. The van der Waals surface area contributed by atoms with Crippen molar-refractivity contribution in [3.63, 3.8) is 0 Å². The van der Waals surface area contributed by atoms with Crippen molar-refractivity contribution in [2.45, 2.75) is 20.8 Å². The number of esters is 1. The first-order valence-corrected chi connectivity index (χ1v) is 8.35. The lowest BCUT2D eigenvalue weighted by molar-refractivity contribution is -0.139. The van der Waals surface area contributed by atoms with Crippen LogP contribution in [0.1, 0.15) is 20.8 Å². The molecule has 0 radical (unpaired) electrons. The Balaban J connectivity index is 2.25. The molecule has 0 N–H and O–H groups in total. The van der Waals surface area contributed by atoms with Gasteiger partial charge in [-0.3, -0.25) is 0 Å². The molecule has 0 bridgehead atoms. The fourth-order valence-corrected chi connectivity index (χ4v) is 2.38. The minimum Gasteiger partial charge on any atom is -0.493 e. The van der Waals surface area contributed by atoms with E-state index in [4.69, 9.17) is 18.9 Å². The van der Waals surface area contributed by atoms with Gasteiger partial charge in [-0.1, -0.05) is 30.8 Å². The summed E-state index contributed by atoms with van der Waals surface area (Å²) in [5, 5.41) is 1.89. The third-order valence-electron chi connectivity index (χ3n) is 3.43. The van der Waals surface area contributed by atoms with Crippen molar-refractivity contribution in [3.05, 3.63) is 42.5 Å². The minimum absolute atomic E-state index is 0.133. The van der Waals surface area contributed by atoms with Crippen LogP contribution in [0, 0.1) is 0 Å². The Morgan fingerprint density at radius 2 is 1.64 bits per heavy atom. The largest absolute Gasteiger partial charge is 0.493 e. The van der Waals surface area contributed by atoms with Gasteiger partial charge in [0.05, 0.1) is 13.2 Å². The lowest BCUT2D eigenvalue weighted by atomic mass is 10.1. The fourth-order valence-electron chi connectivity index (χ4n) is 2.38. The highest BCUT2D eigenvalue weighted by molar-refractivity contribution is 5.95. The van der Waals surface area contributed by atoms with E-state index in [0.717, 1.165) is 16.5 Å². The van der Waals surface area contributed by atoms with Crippen LogP contribution in [0.25, 0.3) is 10.8 Å². The normalized spacial score (nSPS) is 10.4. The summed E-state index contributed by atoms with van der Waals surface area (Å²) in [6, 6.07) is 9.67. The van der Waals surface area contributed by atoms with Gasteiger partial charge in [0, 0.05) is 22.4 Å². The van der Waals surface area contributed by atoms with Gasteiger partial charge in [0.2, 0.25) is 0 Å². The molecule has 0 aliphatic carbocycles. The lowest BCUT2D eigenvalue weighted by Gasteiger charge is -2.17. The maximum Gasteiger partial charge on any atom is 0.333 e. The molecule has 0 heterocycles. The molecule has 2 aromatic carbocycles. The van der Waals surface area contributed by atoms with Crippen LogP contribution >= 0.6 is 0 Å². The summed E-state index contributed by atoms with van der Waals surface area (Å²) >= 11 is 0. The molecule has 25 heavy (non-hydrogen) atoms. The first kappa shape index (κ1) is 18.6. The van der Waals surface area contributed by atoms with Crippen molar-refractivity contribution in [2.75, 3.05) is 26.4 Å². The Hall–Kier alpha value is -2.69. The van der Waals surface area contributed by atoms with Gasteiger partial charge in [-0.25, -0.2) is 4.79 Å². The first-order chi connectivity index (χ1) is 12.1. The molecule has 5 nitrogen and oxygen atoms in total. The Kier molecular flexibility index (Phi) is 6.69. The molecule has 0 saturated carbocycles. The van der Waals surface area contributed by atoms with E-state index in [-0.39, 0.29) is 13.2 Å². The molecule has 0 amide bonds. The van der Waals surface area contributed by atoms with Gasteiger partial charge in [0.15, 0.2) is 11.5 Å². The monoisotopic (exact) mass is 344 g/mol. The molecule has 0 spiro atoms. The van der Waals surface area contributed by atoms with Crippen molar-refractivity contribution in [3.8, 4) is 17.2 Å². The SMILES string of the molecule is C=C(C)C(=O)OCCOc1cc(OCC)c2ccccc2c1OCC. The van der Waals surface area contributed by atoms with Gasteiger partial charge in [-0.05, 0) is 20.8 Å². The predicted molar refractivity (Wildman–Crippen MR) is 97.6 cm³/mol. The minimum atomic E-state index is -0.429. The molecule has 0 aromatic heterocycles. The van der Waals surface area contributed by atoms with Crippen molar-refractivity contribution in [1.82, 2.24) is 0 Å². The van der Waals surface area contributed by atoms with E-state index in [0.29, 0.717) is 30.3 Å².